The number of aromatic nitrogens is 1. The highest BCUT2D eigenvalue weighted by Crippen LogP contribution is 2.21. The van der Waals surface area contributed by atoms with Crippen molar-refractivity contribution in [1.29, 1.82) is 0 Å². The lowest BCUT2D eigenvalue weighted by molar-refractivity contribution is -0.131. The maximum atomic E-state index is 12.3. The highest BCUT2D eigenvalue weighted by Gasteiger charge is 2.41. The average molecular weight is 321 g/mol. The van der Waals surface area contributed by atoms with E-state index in [0.717, 1.165) is 21.9 Å². The molecule has 2 aliphatic rings. The molecule has 0 aromatic carbocycles. The highest BCUT2D eigenvalue weighted by molar-refractivity contribution is 5.98. The Morgan fingerprint density at radius 2 is 2.13 bits per heavy atom. The summed E-state index contributed by atoms with van der Waals surface area (Å²) in [6, 6.07) is -0.277. The fourth-order valence-corrected chi connectivity index (χ4v) is 3.15. The molecule has 1 aromatic heterocycles. The molecule has 3 heterocycles. The minimum atomic E-state index is -0.606. The average Bonchev–Trinajstić information content (AvgIpc) is 3.19. The highest BCUT2D eigenvalue weighted by atomic mass is 16.6. The largest absolute Gasteiger partial charge is 0.439 e. The molecule has 2 fully saturated rings. The summed E-state index contributed by atoms with van der Waals surface area (Å²) in [5.74, 6) is 0.414. The van der Waals surface area contributed by atoms with Crippen LogP contribution in [0.3, 0.4) is 0 Å². The predicted molar refractivity (Wildman–Crippen MR) is 77.5 cm³/mol. The number of hydrogen-bond acceptors (Lipinski definition) is 6. The van der Waals surface area contributed by atoms with Crippen LogP contribution in [0.2, 0.25) is 0 Å². The first-order valence-corrected chi connectivity index (χ1v) is 7.65. The summed E-state index contributed by atoms with van der Waals surface area (Å²) < 4.78 is 9.82. The van der Waals surface area contributed by atoms with Gasteiger partial charge in [-0.2, -0.15) is 0 Å². The first-order chi connectivity index (χ1) is 11.0. The number of nitrogens with zero attached hydrogens (tertiary/aromatic N) is 3. The van der Waals surface area contributed by atoms with Crippen LogP contribution in [0.25, 0.3) is 0 Å². The van der Waals surface area contributed by atoms with Crippen LogP contribution in [0.15, 0.2) is 4.52 Å². The second kappa shape index (κ2) is 6.02. The molecule has 3 rings (SSSR count). The summed E-state index contributed by atoms with van der Waals surface area (Å²) in [7, 11) is 0. The van der Waals surface area contributed by atoms with Gasteiger partial charge in [-0.25, -0.2) is 9.69 Å². The number of hydrogen-bond donors (Lipinski definition) is 0. The summed E-state index contributed by atoms with van der Waals surface area (Å²) in [5, 5.41) is 3.88. The number of aryl methyl sites for hydroxylation is 2. The molecule has 3 amide bonds. The smallest absolute Gasteiger partial charge is 0.417 e. The van der Waals surface area contributed by atoms with Gasteiger partial charge in [0.25, 0.3) is 5.91 Å². The maximum Gasteiger partial charge on any atom is 0.417 e. The van der Waals surface area contributed by atoms with Crippen molar-refractivity contribution in [2.24, 2.45) is 0 Å². The Labute approximate surface area is 133 Å². The SMILES string of the molecule is Cc1noc(C)c1CCC(=O)N1CC[C@@H](N2C(=O)COC2=O)C1. The summed E-state index contributed by atoms with van der Waals surface area (Å²) in [6.07, 6.45) is 0.919. The van der Waals surface area contributed by atoms with Crippen LogP contribution in [0.5, 0.6) is 0 Å². The number of ether oxygens (including phenoxy) is 1. The van der Waals surface area contributed by atoms with E-state index in [4.69, 9.17) is 9.26 Å². The van der Waals surface area contributed by atoms with Crippen molar-refractivity contribution in [2.45, 2.75) is 39.2 Å². The number of likely N-dealkylation sites (tertiary alicyclic amines) is 1. The van der Waals surface area contributed by atoms with Crippen molar-refractivity contribution in [3.63, 3.8) is 0 Å². The maximum absolute atomic E-state index is 12.3. The lowest BCUT2D eigenvalue weighted by Crippen LogP contribution is -2.42. The van der Waals surface area contributed by atoms with Crippen molar-refractivity contribution < 1.29 is 23.6 Å². The molecule has 8 heteroatoms. The minimum absolute atomic E-state index is 0.00696. The molecule has 23 heavy (non-hydrogen) atoms. The van der Waals surface area contributed by atoms with Crippen molar-refractivity contribution in [2.75, 3.05) is 19.7 Å². The third kappa shape index (κ3) is 2.93. The predicted octanol–water partition coefficient (Wildman–Crippen LogP) is 0.804. The topological polar surface area (TPSA) is 93.0 Å². The first-order valence-electron chi connectivity index (χ1n) is 7.65. The van der Waals surface area contributed by atoms with Crippen molar-refractivity contribution in [1.82, 2.24) is 15.0 Å². The van der Waals surface area contributed by atoms with Crippen molar-refractivity contribution in [3.05, 3.63) is 17.0 Å². The fraction of sp³-hybridized carbons (Fsp3) is 0.600. The monoisotopic (exact) mass is 321 g/mol. The van der Waals surface area contributed by atoms with Crippen LogP contribution in [-0.2, 0) is 20.7 Å². The number of imide groups is 1. The molecule has 0 N–H and O–H groups in total. The van der Waals surface area contributed by atoms with Crippen LogP contribution in [0, 0.1) is 13.8 Å². The van der Waals surface area contributed by atoms with Crippen LogP contribution >= 0.6 is 0 Å². The first kappa shape index (κ1) is 15.5. The van der Waals surface area contributed by atoms with Gasteiger partial charge in [0.2, 0.25) is 5.91 Å². The van der Waals surface area contributed by atoms with Gasteiger partial charge in [-0.3, -0.25) is 9.59 Å². The van der Waals surface area contributed by atoms with Crippen LogP contribution < -0.4 is 0 Å². The van der Waals surface area contributed by atoms with E-state index < -0.39 is 6.09 Å². The summed E-state index contributed by atoms with van der Waals surface area (Å²) in [6.45, 7) is 4.40. The van der Waals surface area contributed by atoms with E-state index >= 15 is 0 Å². The number of amides is 3. The molecular formula is C15H19N3O5. The van der Waals surface area contributed by atoms with Crippen LogP contribution in [0.1, 0.15) is 29.9 Å². The Hall–Kier alpha value is -2.38. The fourth-order valence-electron chi connectivity index (χ4n) is 3.15. The number of rotatable bonds is 4. The second-order valence-corrected chi connectivity index (χ2v) is 5.90. The standard InChI is InChI=1S/C15H19N3O5/c1-9-12(10(2)23-16-9)3-4-13(19)17-6-5-11(7-17)18-14(20)8-22-15(18)21/h11H,3-8H2,1-2H3/t11-/m1/s1. The van der Waals surface area contributed by atoms with Gasteiger partial charge in [0.15, 0.2) is 6.61 Å². The molecule has 8 nitrogen and oxygen atoms in total. The Bertz CT molecular complexity index is 618. The number of cyclic esters (lactones) is 1. The second-order valence-electron chi connectivity index (χ2n) is 5.90. The molecule has 2 saturated heterocycles. The zero-order valence-corrected chi connectivity index (χ0v) is 13.2. The van der Waals surface area contributed by atoms with E-state index in [1.807, 2.05) is 13.8 Å². The number of carbonyl (C=O) groups is 3. The summed E-state index contributed by atoms with van der Waals surface area (Å²) in [4.78, 5) is 38.4. The molecule has 0 bridgehead atoms. The molecule has 124 valence electrons. The van der Waals surface area contributed by atoms with Gasteiger partial charge in [-0.15, -0.1) is 0 Å². The molecule has 0 saturated carbocycles. The lowest BCUT2D eigenvalue weighted by Gasteiger charge is -2.20. The van der Waals surface area contributed by atoms with Gasteiger partial charge in [-0.05, 0) is 26.7 Å². The van der Waals surface area contributed by atoms with Crippen molar-refractivity contribution in [3.8, 4) is 0 Å². The molecule has 0 unspecified atom stereocenters. The van der Waals surface area contributed by atoms with Gasteiger partial charge in [-0.1, -0.05) is 5.16 Å². The Morgan fingerprint density at radius 1 is 1.35 bits per heavy atom. The quantitative estimate of drug-likeness (QED) is 0.814. The molecular weight excluding hydrogens is 302 g/mol. The van der Waals surface area contributed by atoms with Crippen LogP contribution in [0.4, 0.5) is 4.79 Å². The normalized spacial score (nSPS) is 21.2. The zero-order chi connectivity index (χ0) is 16.6. The van der Waals surface area contributed by atoms with E-state index in [1.54, 1.807) is 4.90 Å². The molecule has 0 spiro atoms. The van der Waals surface area contributed by atoms with Gasteiger partial charge >= 0.3 is 6.09 Å². The van der Waals surface area contributed by atoms with Crippen molar-refractivity contribution >= 4 is 17.9 Å². The van der Waals surface area contributed by atoms with E-state index in [-0.39, 0.29) is 24.5 Å². The number of carbonyl (C=O) groups excluding carboxylic acids is 3. The van der Waals surface area contributed by atoms with Crippen LogP contribution in [-0.4, -0.2) is 58.6 Å². The summed E-state index contributed by atoms with van der Waals surface area (Å²) >= 11 is 0. The van der Waals surface area contributed by atoms with E-state index in [9.17, 15) is 14.4 Å². The molecule has 2 aliphatic heterocycles. The van der Waals surface area contributed by atoms with E-state index in [0.29, 0.717) is 32.4 Å². The molecule has 0 aliphatic carbocycles. The lowest BCUT2D eigenvalue weighted by atomic mass is 10.1. The van der Waals surface area contributed by atoms with Gasteiger partial charge in [0, 0.05) is 25.1 Å². The zero-order valence-electron chi connectivity index (χ0n) is 13.2. The van der Waals surface area contributed by atoms with Gasteiger partial charge in [0.1, 0.15) is 5.76 Å². The molecule has 1 atom stereocenters. The molecule has 0 radical (unpaired) electrons. The van der Waals surface area contributed by atoms with E-state index in [1.165, 1.54) is 0 Å². The minimum Gasteiger partial charge on any atom is -0.439 e. The Morgan fingerprint density at radius 3 is 2.74 bits per heavy atom. The summed E-state index contributed by atoms with van der Waals surface area (Å²) in [5.41, 5.74) is 1.77. The molecule has 1 aromatic rings. The Balaban J connectivity index is 1.55. The van der Waals surface area contributed by atoms with E-state index in [2.05, 4.69) is 5.16 Å². The van der Waals surface area contributed by atoms with Gasteiger partial charge < -0.3 is 14.2 Å². The Kier molecular flexibility index (Phi) is 4.06. The third-order valence-electron chi connectivity index (χ3n) is 4.44. The third-order valence-corrected chi connectivity index (χ3v) is 4.44. The van der Waals surface area contributed by atoms with Gasteiger partial charge in [0.05, 0.1) is 11.7 Å².